The van der Waals surface area contributed by atoms with Crippen LogP contribution in [0.15, 0.2) is 25.3 Å². The second-order valence-corrected chi connectivity index (χ2v) is 10.7. The summed E-state index contributed by atoms with van der Waals surface area (Å²) in [6, 6.07) is 0. The first kappa shape index (κ1) is 16.2. The Morgan fingerprint density at radius 1 is 1.18 bits per heavy atom. The van der Waals surface area contributed by atoms with Crippen LogP contribution in [0.5, 0.6) is 0 Å². The highest BCUT2D eigenvalue weighted by Crippen LogP contribution is 2.40. The lowest BCUT2D eigenvalue weighted by molar-refractivity contribution is 0.118. The standard InChI is InChI=1S/C15H26OSi/c1-9-12-15(11-3,13-10-2)16-17(7,8)14(4,5)6/h3,9-10H,1-2,12-13H2,4-8H3. The van der Waals surface area contributed by atoms with E-state index in [-0.39, 0.29) is 5.04 Å². The van der Waals surface area contributed by atoms with E-state index in [9.17, 15) is 0 Å². The van der Waals surface area contributed by atoms with Crippen molar-refractivity contribution in [3.8, 4) is 12.3 Å². The van der Waals surface area contributed by atoms with Crippen LogP contribution in [0.25, 0.3) is 0 Å². The molecule has 0 N–H and O–H groups in total. The van der Waals surface area contributed by atoms with Crippen LogP contribution >= 0.6 is 0 Å². The minimum atomic E-state index is -1.87. The van der Waals surface area contributed by atoms with Crippen LogP contribution in [0.4, 0.5) is 0 Å². The van der Waals surface area contributed by atoms with Gasteiger partial charge in [-0.05, 0) is 18.1 Å². The SMILES string of the molecule is C#CC(CC=C)(CC=C)O[Si](C)(C)C(C)(C)C. The van der Waals surface area contributed by atoms with Crippen LogP contribution in [0.3, 0.4) is 0 Å². The third-order valence-corrected chi connectivity index (χ3v) is 7.98. The normalized spacial score (nSPS) is 12.9. The van der Waals surface area contributed by atoms with Gasteiger partial charge in [-0.1, -0.05) is 38.8 Å². The Kier molecular flexibility index (Phi) is 5.44. The van der Waals surface area contributed by atoms with E-state index < -0.39 is 13.9 Å². The lowest BCUT2D eigenvalue weighted by Gasteiger charge is -2.43. The molecule has 0 aromatic rings. The summed E-state index contributed by atoms with van der Waals surface area (Å²) < 4.78 is 6.38. The molecule has 17 heavy (non-hydrogen) atoms. The third kappa shape index (κ3) is 4.18. The van der Waals surface area contributed by atoms with Crippen molar-refractivity contribution < 1.29 is 4.43 Å². The predicted molar refractivity (Wildman–Crippen MR) is 79.5 cm³/mol. The van der Waals surface area contributed by atoms with E-state index in [0.717, 1.165) is 0 Å². The maximum atomic E-state index is 6.38. The van der Waals surface area contributed by atoms with E-state index in [1.54, 1.807) is 0 Å². The Morgan fingerprint density at radius 3 is 1.82 bits per heavy atom. The molecule has 0 radical (unpaired) electrons. The fourth-order valence-electron chi connectivity index (χ4n) is 1.42. The summed E-state index contributed by atoms with van der Waals surface area (Å²) in [5.41, 5.74) is -0.563. The van der Waals surface area contributed by atoms with Crippen molar-refractivity contribution in [2.45, 2.75) is 57.3 Å². The zero-order valence-electron chi connectivity index (χ0n) is 12.0. The highest BCUT2D eigenvalue weighted by atomic mass is 28.4. The van der Waals surface area contributed by atoms with Crippen molar-refractivity contribution in [1.29, 1.82) is 0 Å². The molecule has 0 bridgehead atoms. The molecule has 0 aromatic carbocycles. The van der Waals surface area contributed by atoms with E-state index in [2.05, 4.69) is 52.9 Å². The van der Waals surface area contributed by atoms with Crippen LogP contribution in [-0.2, 0) is 4.43 Å². The van der Waals surface area contributed by atoms with E-state index in [4.69, 9.17) is 10.8 Å². The second-order valence-electron chi connectivity index (χ2n) is 5.99. The molecule has 0 heterocycles. The summed E-state index contributed by atoms with van der Waals surface area (Å²) in [6.07, 6.45) is 10.7. The topological polar surface area (TPSA) is 9.23 Å². The summed E-state index contributed by atoms with van der Waals surface area (Å²) in [5.74, 6) is 2.82. The zero-order valence-corrected chi connectivity index (χ0v) is 13.0. The number of terminal acetylenes is 1. The van der Waals surface area contributed by atoms with E-state index >= 15 is 0 Å². The third-order valence-electron chi connectivity index (χ3n) is 3.47. The summed E-state index contributed by atoms with van der Waals surface area (Å²) in [6.45, 7) is 18.6. The van der Waals surface area contributed by atoms with Gasteiger partial charge in [0.05, 0.1) is 0 Å². The fourth-order valence-corrected chi connectivity index (χ4v) is 2.93. The molecule has 0 unspecified atom stereocenters. The summed E-state index contributed by atoms with van der Waals surface area (Å²) in [4.78, 5) is 0. The van der Waals surface area contributed by atoms with E-state index in [1.165, 1.54) is 0 Å². The van der Waals surface area contributed by atoms with Crippen molar-refractivity contribution in [2.24, 2.45) is 0 Å². The highest BCUT2D eigenvalue weighted by Gasteiger charge is 2.43. The molecular weight excluding hydrogens is 224 g/mol. The monoisotopic (exact) mass is 250 g/mol. The first-order valence-corrected chi connectivity index (χ1v) is 8.95. The maximum absolute atomic E-state index is 6.38. The number of hydrogen-bond acceptors (Lipinski definition) is 1. The van der Waals surface area contributed by atoms with Gasteiger partial charge < -0.3 is 4.43 Å². The van der Waals surface area contributed by atoms with Crippen LogP contribution < -0.4 is 0 Å². The average Bonchev–Trinajstić information content (AvgIpc) is 2.16. The fraction of sp³-hybridized carbons (Fsp3) is 0.600. The molecule has 1 nitrogen and oxygen atoms in total. The Hall–Kier alpha value is -0.783. The first-order chi connectivity index (χ1) is 7.64. The lowest BCUT2D eigenvalue weighted by atomic mass is 9.97. The molecule has 0 saturated carbocycles. The second kappa shape index (κ2) is 5.71. The molecule has 0 rings (SSSR count). The first-order valence-electron chi connectivity index (χ1n) is 6.04. The minimum absolute atomic E-state index is 0.150. The smallest absolute Gasteiger partial charge is 0.194 e. The maximum Gasteiger partial charge on any atom is 0.194 e. The number of rotatable bonds is 6. The number of hydrogen-bond donors (Lipinski definition) is 0. The zero-order chi connectivity index (χ0) is 13.7. The quantitative estimate of drug-likeness (QED) is 0.382. The molecule has 0 aliphatic rings. The molecule has 0 spiro atoms. The van der Waals surface area contributed by atoms with Gasteiger partial charge in [0, 0.05) is 12.8 Å². The molecule has 0 aliphatic heterocycles. The molecule has 0 saturated heterocycles. The largest absolute Gasteiger partial charge is 0.400 e. The molecule has 0 amide bonds. The van der Waals surface area contributed by atoms with Crippen LogP contribution in [0.1, 0.15) is 33.6 Å². The lowest BCUT2D eigenvalue weighted by Crippen LogP contribution is -2.49. The molecule has 0 fully saturated rings. The highest BCUT2D eigenvalue weighted by molar-refractivity contribution is 6.74. The van der Waals surface area contributed by atoms with Crippen molar-refractivity contribution in [3.05, 3.63) is 25.3 Å². The summed E-state index contributed by atoms with van der Waals surface area (Å²) in [7, 11) is -1.87. The van der Waals surface area contributed by atoms with E-state index in [0.29, 0.717) is 12.8 Å². The van der Waals surface area contributed by atoms with Crippen molar-refractivity contribution in [3.63, 3.8) is 0 Å². The molecular formula is C15H26OSi. The van der Waals surface area contributed by atoms with Crippen LogP contribution in [-0.4, -0.2) is 13.9 Å². The van der Waals surface area contributed by atoms with Gasteiger partial charge in [-0.2, -0.15) is 0 Å². The molecule has 0 atom stereocenters. The predicted octanol–water partition coefficient (Wildman–Crippen LogP) is 4.53. The summed E-state index contributed by atoms with van der Waals surface area (Å²) in [5, 5.41) is 0.150. The molecule has 0 aromatic heterocycles. The van der Waals surface area contributed by atoms with Gasteiger partial charge >= 0.3 is 0 Å². The Morgan fingerprint density at radius 2 is 1.59 bits per heavy atom. The Labute approximate surface area is 108 Å². The van der Waals surface area contributed by atoms with Crippen molar-refractivity contribution >= 4 is 8.32 Å². The van der Waals surface area contributed by atoms with Gasteiger partial charge in [-0.15, -0.1) is 19.6 Å². The van der Waals surface area contributed by atoms with Crippen molar-refractivity contribution in [1.82, 2.24) is 0 Å². The molecule has 96 valence electrons. The van der Waals surface area contributed by atoms with Gasteiger partial charge in [0.1, 0.15) is 5.60 Å². The average molecular weight is 250 g/mol. The molecule has 0 aliphatic carbocycles. The van der Waals surface area contributed by atoms with Gasteiger partial charge in [0.25, 0.3) is 0 Å². The van der Waals surface area contributed by atoms with Gasteiger partial charge in [0.2, 0.25) is 0 Å². The minimum Gasteiger partial charge on any atom is -0.400 e. The van der Waals surface area contributed by atoms with Gasteiger partial charge in [0.15, 0.2) is 8.32 Å². The Bertz CT molecular complexity index is 305. The van der Waals surface area contributed by atoms with Crippen LogP contribution in [0, 0.1) is 12.3 Å². The summed E-state index contributed by atoms with van der Waals surface area (Å²) >= 11 is 0. The Balaban J connectivity index is 5.18. The van der Waals surface area contributed by atoms with Gasteiger partial charge in [-0.3, -0.25) is 0 Å². The molecule has 2 heteroatoms. The van der Waals surface area contributed by atoms with Gasteiger partial charge in [-0.25, -0.2) is 0 Å². The van der Waals surface area contributed by atoms with Crippen molar-refractivity contribution in [2.75, 3.05) is 0 Å². The van der Waals surface area contributed by atoms with Crippen LogP contribution in [0.2, 0.25) is 18.1 Å². The van der Waals surface area contributed by atoms with E-state index in [1.807, 2.05) is 12.2 Å².